The van der Waals surface area contributed by atoms with E-state index < -0.39 is 0 Å². The lowest BCUT2D eigenvalue weighted by Crippen LogP contribution is -2.23. The average molecular weight is 326 g/mol. The highest BCUT2D eigenvalue weighted by Crippen LogP contribution is 2.22. The van der Waals surface area contributed by atoms with Gasteiger partial charge in [0.05, 0.1) is 0 Å². The largest absolute Gasteiger partial charge is 0.352 e. The molecule has 2 aromatic carbocycles. The van der Waals surface area contributed by atoms with Crippen molar-refractivity contribution in [2.75, 3.05) is 0 Å². The summed E-state index contributed by atoms with van der Waals surface area (Å²) in [7, 11) is 0. The van der Waals surface area contributed by atoms with E-state index in [2.05, 4.69) is 5.32 Å². The van der Waals surface area contributed by atoms with Crippen molar-refractivity contribution < 1.29 is 9.18 Å². The zero-order valence-electron chi connectivity index (χ0n) is 11.2. The standard InChI is InChI=1S/C16H14Cl2FNO/c17-13-5-3-12(15(18)9-13)4-8-16(21)20-10-11-1-6-14(19)7-2-11/h1-3,5-7,9H,4,8,10H2,(H,20,21). The number of hydrogen-bond donors (Lipinski definition) is 1. The number of benzene rings is 2. The molecule has 1 N–H and O–H groups in total. The van der Waals surface area contributed by atoms with Gasteiger partial charge in [-0.3, -0.25) is 4.79 Å². The number of aryl methyl sites for hydroxylation is 1. The van der Waals surface area contributed by atoms with E-state index in [0.717, 1.165) is 11.1 Å². The van der Waals surface area contributed by atoms with Gasteiger partial charge < -0.3 is 5.32 Å². The van der Waals surface area contributed by atoms with Crippen LogP contribution in [0.25, 0.3) is 0 Å². The number of amides is 1. The quantitative estimate of drug-likeness (QED) is 0.868. The van der Waals surface area contributed by atoms with E-state index in [1.807, 2.05) is 6.07 Å². The molecule has 0 spiro atoms. The molecule has 0 aliphatic rings. The van der Waals surface area contributed by atoms with Gasteiger partial charge in [-0.25, -0.2) is 4.39 Å². The number of nitrogens with one attached hydrogen (secondary N) is 1. The Labute approximate surface area is 132 Å². The highest BCUT2D eigenvalue weighted by atomic mass is 35.5. The maximum absolute atomic E-state index is 12.8. The van der Waals surface area contributed by atoms with Crippen molar-refractivity contribution in [1.82, 2.24) is 5.32 Å². The van der Waals surface area contributed by atoms with Gasteiger partial charge in [0.2, 0.25) is 5.91 Å². The SMILES string of the molecule is O=C(CCc1ccc(Cl)cc1Cl)NCc1ccc(F)cc1. The van der Waals surface area contributed by atoms with Gasteiger partial charge in [-0.05, 0) is 41.8 Å². The molecule has 0 atom stereocenters. The Morgan fingerprint density at radius 2 is 1.81 bits per heavy atom. The Morgan fingerprint density at radius 1 is 1.10 bits per heavy atom. The maximum atomic E-state index is 12.8. The number of carbonyl (C=O) groups excluding carboxylic acids is 1. The van der Waals surface area contributed by atoms with Crippen LogP contribution in [0.5, 0.6) is 0 Å². The Morgan fingerprint density at radius 3 is 2.48 bits per heavy atom. The first-order chi connectivity index (χ1) is 10.0. The Hall–Kier alpha value is -1.58. The summed E-state index contributed by atoms with van der Waals surface area (Å²) >= 11 is 11.9. The molecule has 0 aliphatic heterocycles. The molecule has 2 rings (SSSR count). The summed E-state index contributed by atoms with van der Waals surface area (Å²) in [6.45, 7) is 0.382. The van der Waals surface area contributed by atoms with Crippen LogP contribution in [0.3, 0.4) is 0 Å². The minimum atomic E-state index is -0.289. The first-order valence-electron chi connectivity index (χ1n) is 6.49. The van der Waals surface area contributed by atoms with Gasteiger partial charge in [-0.1, -0.05) is 41.4 Å². The molecular weight excluding hydrogens is 312 g/mol. The highest BCUT2D eigenvalue weighted by molar-refractivity contribution is 6.35. The van der Waals surface area contributed by atoms with Crippen LogP contribution in [-0.4, -0.2) is 5.91 Å². The van der Waals surface area contributed by atoms with Crippen molar-refractivity contribution in [2.24, 2.45) is 0 Å². The van der Waals surface area contributed by atoms with Crippen LogP contribution in [0.1, 0.15) is 17.5 Å². The van der Waals surface area contributed by atoms with Crippen molar-refractivity contribution in [3.05, 3.63) is 69.5 Å². The van der Waals surface area contributed by atoms with Crippen LogP contribution in [0.2, 0.25) is 10.0 Å². The summed E-state index contributed by atoms with van der Waals surface area (Å²) in [5, 5.41) is 3.93. The van der Waals surface area contributed by atoms with Crippen molar-refractivity contribution in [2.45, 2.75) is 19.4 Å². The number of hydrogen-bond acceptors (Lipinski definition) is 1. The molecule has 5 heteroatoms. The molecule has 1 amide bonds. The third-order valence-electron chi connectivity index (χ3n) is 3.04. The van der Waals surface area contributed by atoms with Gasteiger partial charge in [0.15, 0.2) is 0 Å². The molecule has 110 valence electrons. The van der Waals surface area contributed by atoms with E-state index in [-0.39, 0.29) is 11.7 Å². The monoisotopic (exact) mass is 325 g/mol. The van der Waals surface area contributed by atoms with Crippen LogP contribution in [0.15, 0.2) is 42.5 Å². The van der Waals surface area contributed by atoms with E-state index in [4.69, 9.17) is 23.2 Å². The van der Waals surface area contributed by atoms with Crippen LogP contribution >= 0.6 is 23.2 Å². The Balaban J connectivity index is 1.80. The minimum Gasteiger partial charge on any atom is -0.352 e. The zero-order valence-corrected chi connectivity index (χ0v) is 12.7. The molecule has 0 unspecified atom stereocenters. The van der Waals surface area contributed by atoms with Crippen LogP contribution in [0, 0.1) is 5.82 Å². The summed E-state index contributed by atoms with van der Waals surface area (Å²) in [6.07, 6.45) is 0.883. The fourth-order valence-electron chi connectivity index (χ4n) is 1.86. The molecule has 0 radical (unpaired) electrons. The molecule has 2 aromatic rings. The van der Waals surface area contributed by atoms with Gasteiger partial charge in [0.1, 0.15) is 5.82 Å². The van der Waals surface area contributed by atoms with E-state index >= 15 is 0 Å². The molecule has 0 bridgehead atoms. The summed E-state index contributed by atoms with van der Waals surface area (Å²) < 4.78 is 12.8. The topological polar surface area (TPSA) is 29.1 Å². The summed E-state index contributed by atoms with van der Waals surface area (Å²) in [6, 6.07) is 11.3. The fourth-order valence-corrected chi connectivity index (χ4v) is 2.37. The number of rotatable bonds is 5. The number of carbonyl (C=O) groups is 1. The molecule has 2 nitrogen and oxygen atoms in total. The molecule has 21 heavy (non-hydrogen) atoms. The highest BCUT2D eigenvalue weighted by Gasteiger charge is 2.06. The normalized spacial score (nSPS) is 10.4. The van der Waals surface area contributed by atoms with Crippen molar-refractivity contribution in [1.29, 1.82) is 0 Å². The van der Waals surface area contributed by atoms with Gasteiger partial charge in [0, 0.05) is 23.0 Å². The first-order valence-corrected chi connectivity index (χ1v) is 7.25. The molecular formula is C16H14Cl2FNO. The predicted octanol–water partition coefficient (Wildman–Crippen LogP) is 4.38. The summed E-state index contributed by atoms with van der Waals surface area (Å²) in [5.74, 6) is -0.368. The van der Waals surface area contributed by atoms with Gasteiger partial charge in [-0.15, -0.1) is 0 Å². The molecule has 0 heterocycles. The zero-order chi connectivity index (χ0) is 15.2. The van der Waals surface area contributed by atoms with Gasteiger partial charge >= 0.3 is 0 Å². The molecule has 0 aliphatic carbocycles. The smallest absolute Gasteiger partial charge is 0.220 e. The molecule has 0 saturated carbocycles. The van der Waals surface area contributed by atoms with Gasteiger partial charge in [0.25, 0.3) is 0 Å². The summed E-state index contributed by atoms with van der Waals surface area (Å²) in [4.78, 5) is 11.8. The summed E-state index contributed by atoms with van der Waals surface area (Å²) in [5.41, 5.74) is 1.74. The van der Waals surface area contributed by atoms with Crippen molar-refractivity contribution in [3.63, 3.8) is 0 Å². The molecule has 0 aromatic heterocycles. The van der Waals surface area contributed by atoms with Gasteiger partial charge in [-0.2, -0.15) is 0 Å². The predicted molar refractivity (Wildman–Crippen MR) is 83.0 cm³/mol. The molecule has 0 saturated heterocycles. The second kappa shape index (κ2) is 7.43. The van der Waals surface area contributed by atoms with E-state index in [1.54, 1.807) is 24.3 Å². The minimum absolute atomic E-state index is 0.0784. The lowest BCUT2D eigenvalue weighted by molar-refractivity contribution is -0.121. The van der Waals surface area contributed by atoms with E-state index in [9.17, 15) is 9.18 Å². The lowest BCUT2D eigenvalue weighted by atomic mass is 10.1. The Kier molecular flexibility index (Phi) is 5.59. The van der Waals surface area contributed by atoms with E-state index in [1.165, 1.54) is 12.1 Å². The van der Waals surface area contributed by atoms with Crippen molar-refractivity contribution in [3.8, 4) is 0 Å². The van der Waals surface area contributed by atoms with Crippen molar-refractivity contribution >= 4 is 29.1 Å². The maximum Gasteiger partial charge on any atom is 0.220 e. The molecule has 0 fully saturated rings. The second-order valence-corrected chi connectivity index (χ2v) is 5.48. The number of halogens is 3. The first kappa shape index (κ1) is 15.8. The fraction of sp³-hybridized carbons (Fsp3) is 0.188. The van der Waals surface area contributed by atoms with E-state index in [0.29, 0.717) is 29.4 Å². The van der Waals surface area contributed by atoms with Crippen LogP contribution < -0.4 is 5.32 Å². The second-order valence-electron chi connectivity index (χ2n) is 4.64. The third kappa shape index (κ3) is 5.03. The van der Waals surface area contributed by atoms with Crippen LogP contribution in [0.4, 0.5) is 4.39 Å². The van der Waals surface area contributed by atoms with Crippen LogP contribution in [-0.2, 0) is 17.8 Å². The lowest BCUT2D eigenvalue weighted by Gasteiger charge is -2.07. The average Bonchev–Trinajstić information content (AvgIpc) is 2.46. The third-order valence-corrected chi connectivity index (χ3v) is 3.63. The Bertz CT molecular complexity index is 629.